The summed E-state index contributed by atoms with van der Waals surface area (Å²) >= 11 is 0. The van der Waals surface area contributed by atoms with E-state index in [2.05, 4.69) is 14.8 Å². The Balaban J connectivity index is 1.48. The lowest BCUT2D eigenvalue weighted by Gasteiger charge is -2.14. The lowest BCUT2D eigenvalue weighted by atomic mass is 10.1. The van der Waals surface area contributed by atoms with Crippen molar-refractivity contribution in [1.29, 1.82) is 0 Å². The molecule has 0 radical (unpaired) electrons. The maximum Gasteiger partial charge on any atom is 0.261 e. The Morgan fingerprint density at radius 3 is 1.87 bits per heavy atom. The third kappa shape index (κ3) is 6.04. The van der Waals surface area contributed by atoms with Crippen molar-refractivity contribution < 1.29 is 21.6 Å². The minimum Gasteiger partial charge on any atom is -0.322 e. The Labute approximate surface area is 222 Å². The van der Waals surface area contributed by atoms with Crippen LogP contribution in [-0.2, 0) is 20.0 Å². The molecule has 1 amide bonds. The minimum absolute atomic E-state index is 0.0437. The number of carbonyl (C=O) groups is 1. The number of hydrogen-bond donors (Lipinski definition) is 3. The molecule has 196 valence electrons. The van der Waals surface area contributed by atoms with Gasteiger partial charge in [-0.1, -0.05) is 30.3 Å². The first-order valence-corrected chi connectivity index (χ1v) is 14.6. The van der Waals surface area contributed by atoms with Gasteiger partial charge >= 0.3 is 0 Å². The lowest BCUT2D eigenvalue weighted by Crippen LogP contribution is -2.17. The Bertz CT molecular complexity index is 1700. The average Bonchev–Trinajstić information content (AvgIpc) is 2.88. The molecule has 0 aliphatic carbocycles. The molecule has 0 aromatic heterocycles. The van der Waals surface area contributed by atoms with Gasteiger partial charge in [0.15, 0.2) is 0 Å². The lowest BCUT2D eigenvalue weighted by molar-refractivity contribution is 0.102. The van der Waals surface area contributed by atoms with E-state index < -0.39 is 26.0 Å². The van der Waals surface area contributed by atoms with Crippen LogP contribution in [0.3, 0.4) is 0 Å². The number of amides is 1. The van der Waals surface area contributed by atoms with E-state index in [1.807, 2.05) is 19.9 Å². The van der Waals surface area contributed by atoms with Gasteiger partial charge in [-0.25, -0.2) is 16.8 Å². The molecule has 0 atom stereocenters. The van der Waals surface area contributed by atoms with E-state index in [-0.39, 0.29) is 21.0 Å². The van der Waals surface area contributed by atoms with Gasteiger partial charge in [-0.15, -0.1) is 0 Å². The first-order chi connectivity index (χ1) is 18.0. The number of anilines is 3. The summed E-state index contributed by atoms with van der Waals surface area (Å²) in [5.74, 6) is -0.466. The molecule has 0 unspecified atom stereocenters. The van der Waals surface area contributed by atoms with Crippen LogP contribution >= 0.6 is 0 Å². The summed E-state index contributed by atoms with van der Waals surface area (Å²) in [6.45, 7) is 5.49. The van der Waals surface area contributed by atoms with Crippen LogP contribution in [0.4, 0.5) is 17.1 Å². The first kappa shape index (κ1) is 26.9. The zero-order valence-electron chi connectivity index (χ0n) is 21.0. The van der Waals surface area contributed by atoms with Crippen LogP contribution in [-0.4, -0.2) is 22.7 Å². The summed E-state index contributed by atoms with van der Waals surface area (Å²) in [5.41, 5.74) is 3.87. The molecular weight excluding hydrogens is 522 g/mol. The highest BCUT2D eigenvalue weighted by molar-refractivity contribution is 7.93. The number of rotatable bonds is 8. The SMILES string of the molecule is Cc1ccc(NS(=O)(=O)c2ccc(NC(=O)c3cccc(NS(=O)(=O)c4ccccc4)c3C)cc2)cc1C. The molecule has 0 saturated heterocycles. The van der Waals surface area contributed by atoms with Crippen molar-refractivity contribution in [2.45, 2.75) is 30.6 Å². The standard InChI is InChI=1S/C28H27N3O5S2/c1-19-12-13-23(18-20(19)2)30-37(33,34)25-16-14-22(15-17-25)29-28(32)26-10-7-11-27(21(26)3)31-38(35,36)24-8-5-4-6-9-24/h4-18,30-31H,1-3H3,(H,29,32). The molecule has 0 bridgehead atoms. The fourth-order valence-electron chi connectivity index (χ4n) is 3.73. The van der Waals surface area contributed by atoms with Gasteiger partial charge in [-0.3, -0.25) is 14.2 Å². The number of benzene rings is 4. The Hall–Kier alpha value is -4.15. The predicted molar refractivity (Wildman–Crippen MR) is 150 cm³/mol. The van der Waals surface area contributed by atoms with Crippen LogP contribution in [0, 0.1) is 20.8 Å². The van der Waals surface area contributed by atoms with Crippen molar-refractivity contribution in [3.63, 3.8) is 0 Å². The molecule has 0 fully saturated rings. The summed E-state index contributed by atoms with van der Waals surface area (Å²) in [6, 6.07) is 23.8. The molecule has 0 spiro atoms. The molecule has 0 aliphatic heterocycles. The molecular formula is C28H27N3O5S2. The van der Waals surface area contributed by atoms with Crippen molar-refractivity contribution in [2.75, 3.05) is 14.8 Å². The predicted octanol–water partition coefficient (Wildman–Crippen LogP) is 5.47. The van der Waals surface area contributed by atoms with Gasteiger partial charge in [0.25, 0.3) is 26.0 Å². The van der Waals surface area contributed by atoms with E-state index in [9.17, 15) is 21.6 Å². The Morgan fingerprint density at radius 1 is 0.605 bits per heavy atom. The number of carbonyl (C=O) groups excluding carboxylic acids is 1. The minimum atomic E-state index is -3.83. The molecule has 4 aromatic carbocycles. The number of nitrogens with one attached hydrogen (secondary N) is 3. The van der Waals surface area contributed by atoms with Gasteiger partial charge in [0, 0.05) is 16.9 Å². The maximum absolute atomic E-state index is 13.0. The molecule has 8 nitrogen and oxygen atoms in total. The normalized spacial score (nSPS) is 11.6. The van der Waals surface area contributed by atoms with Crippen molar-refractivity contribution in [1.82, 2.24) is 0 Å². The van der Waals surface area contributed by atoms with E-state index in [0.29, 0.717) is 16.9 Å². The summed E-state index contributed by atoms with van der Waals surface area (Å²) in [7, 11) is -7.65. The fourth-order valence-corrected chi connectivity index (χ4v) is 5.92. The third-order valence-corrected chi connectivity index (χ3v) is 8.84. The van der Waals surface area contributed by atoms with Crippen LogP contribution in [0.2, 0.25) is 0 Å². The highest BCUT2D eigenvalue weighted by atomic mass is 32.2. The zero-order chi connectivity index (χ0) is 27.5. The molecule has 4 rings (SSSR count). The van der Waals surface area contributed by atoms with Crippen molar-refractivity contribution in [3.8, 4) is 0 Å². The number of sulfonamides is 2. The van der Waals surface area contributed by atoms with Crippen molar-refractivity contribution >= 4 is 43.0 Å². The number of hydrogen-bond acceptors (Lipinski definition) is 5. The second-order valence-electron chi connectivity index (χ2n) is 8.78. The van der Waals surface area contributed by atoms with Gasteiger partial charge < -0.3 is 5.32 Å². The fraction of sp³-hybridized carbons (Fsp3) is 0.107. The van der Waals surface area contributed by atoms with E-state index in [1.165, 1.54) is 36.4 Å². The van der Waals surface area contributed by atoms with Gasteiger partial charge in [0.05, 0.1) is 15.5 Å². The maximum atomic E-state index is 13.0. The van der Waals surface area contributed by atoms with E-state index in [4.69, 9.17) is 0 Å². The quantitative estimate of drug-likeness (QED) is 0.269. The topological polar surface area (TPSA) is 121 Å². The molecule has 3 N–H and O–H groups in total. The van der Waals surface area contributed by atoms with Gasteiger partial charge in [0.1, 0.15) is 0 Å². The number of aryl methyl sites for hydroxylation is 2. The Kier molecular flexibility index (Phi) is 7.56. The van der Waals surface area contributed by atoms with Crippen LogP contribution in [0.1, 0.15) is 27.0 Å². The largest absolute Gasteiger partial charge is 0.322 e. The summed E-state index contributed by atoms with van der Waals surface area (Å²) in [6.07, 6.45) is 0. The average molecular weight is 550 g/mol. The molecule has 38 heavy (non-hydrogen) atoms. The first-order valence-electron chi connectivity index (χ1n) is 11.7. The van der Waals surface area contributed by atoms with E-state index in [0.717, 1.165) is 11.1 Å². The second kappa shape index (κ2) is 10.7. The second-order valence-corrected chi connectivity index (χ2v) is 12.1. The van der Waals surface area contributed by atoms with Gasteiger partial charge in [-0.05, 0) is 98.1 Å². The van der Waals surface area contributed by atoms with Crippen LogP contribution in [0.25, 0.3) is 0 Å². The summed E-state index contributed by atoms with van der Waals surface area (Å²) in [4.78, 5) is 13.1. The van der Waals surface area contributed by atoms with Crippen molar-refractivity contribution in [3.05, 3.63) is 113 Å². The smallest absolute Gasteiger partial charge is 0.261 e. The monoisotopic (exact) mass is 549 g/mol. The molecule has 10 heteroatoms. The van der Waals surface area contributed by atoms with E-state index in [1.54, 1.807) is 55.5 Å². The third-order valence-electron chi connectivity index (χ3n) is 6.06. The highest BCUT2D eigenvalue weighted by Crippen LogP contribution is 2.24. The van der Waals surface area contributed by atoms with Gasteiger partial charge in [-0.2, -0.15) is 0 Å². The molecule has 0 heterocycles. The van der Waals surface area contributed by atoms with Crippen LogP contribution in [0.15, 0.2) is 101 Å². The summed E-state index contributed by atoms with van der Waals surface area (Å²) < 4.78 is 56.1. The highest BCUT2D eigenvalue weighted by Gasteiger charge is 2.19. The van der Waals surface area contributed by atoms with Crippen molar-refractivity contribution in [2.24, 2.45) is 0 Å². The van der Waals surface area contributed by atoms with Crippen LogP contribution < -0.4 is 14.8 Å². The summed E-state index contributed by atoms with van der Waals surface area (Å²) in [5, 5.41) is 2.73. The Morgan fingerprint density at radius 2 is 1.21 bits per heavy atom. The molecule has 0 aliphatic rings. The molecule has 4 aromatic rings. The van der Waals surface area contributed by atoms with E-state index >= 15 is 0 Å². The molecule has 0 saturated carbocycles. The zero-order valence-corrected chi connectivity index (χ0v) is 22.7. The van der Waals surface area contributed by atoms with Gasteiger partial charge in [0.2, 0.25) is 0 Å². The van der Waals surface area contributed by atoms with Crippen LogP contribution in [0.5, 0.6) is 0 Å².